The van der Waals surface area contributed by atoms with Crippen LogP contribution in [0.5, 0.6) is 11.5 Å². The van der Waals surface area contributed by atoms with Gasteiger partial charge in [0.1, 0.15) is 35.4 Å². The highest BCUT2D eigenvalue weighted by Gasteiger charge is 2.45. The highest BCUT2D eigenvalue weighted by molar-refractivity contribution is 7.99. The van der Waals surface area contributed by atoms with Crippen LogP contribution >= 0.6 is 11.8 Å². The fraction of sp³-hybridized carbons (Fsp3) is 0.420. The number of ether oxygens (including phenoxy) is 1. The maximum Gasteiger partial charge on any atom is 0.263 e. The number of unbranched alkanes of at least 4 members (excludes halogenated alkanes) is 3. The Morgan fingerprint density at radius 2 is 1.51 bits per heavy atom. The molecule has 3 saturated heterocycles. The summed E-state index contributed by atoms with van der Waals surface area (Å²) >= 11 is 1.51. The lowest BCUT2D eigenvalue weighted by Crippen LogP contribution is -2.54. The third-order valence-electron chi connectivity index (χ3n) is 13.3. The maximum absolute atomic E-state index is 13.6. The van der Waals surface area contributed by atoms with Gasteiger partial charge in [-0.25, -0.2) is 14.6 Å². The van der Waals surface area contributed by atoms with Crippen LogP contribution < -0.4 is 15.8 Å². The third-order valence-corrected chi connectivity index (χ3v) is 14.4. The Morgan fingerprint density at radius 1 is 0.765 bits per heavy atom. The van der Waals surface area contributed by atoms with Crippen LogP contribution in [0.2, 0.25) is 0 Å². The number of fused-ring (bicyclic) bond motifs is 2. The predicted molar refractivity (Wildman–Crippen MR) is 256 cm³/mol. The average Bonchev–Trinajstić information content (AvgIpc) is 3.87. The first-order valence-corrected chi connectivity index (χ1v) is 24.7. The number of nitrogens with zero attached hydrogens (tertiary/aromatic N) is 8. The minimum atomic E-state index is -0.989. The molecule has 6 heterocycles. The molecule has 3 N–H and O–H groups in total. The molecule has 0 radical (unpaired) electrons. The molecule has 0 bridgehead atoms. The van der Waals surface area contributed by atoms with Gasteiger partial charge < -0.3 is 20.3 Å². The number of hydrogen-bond acceptors (Lipinski definition) is 13. The van der Waals surface area contributed by atoms with E-state index in [1.165, 1.54) is 18.1 Å². The van der Waals surface area contributed by atoms with Crippen molar-refractivity contribution >= 4 is 64.1 Å². The Kier molecular flexibility index (Phi) is 14.4. The Morgan fingerprint density at radius 3 is 2.31 bits per heavy atom. The second kappa shape index (κ2) is 21.1. The molecule has 0 saturated carbocycles. The Hall–Kier alpha value is -6.66. The molecule has 0 spiro atoms. The van der Waals surface area contributed by atoms with E-state index in [1.807, 2.05) is 75.1 Å². The van der Waals surface area contributed by atoms with E-state index in [-0.39, 0.29) is 36.3 Å². The summed E-state index contributed by atoms with van der Waals surface area (Å²) in [4.78, 5) is 94.1. The van der Waals surface area contributed by atoms with Crippen LogP contribution in [0.4, 0.5) is 5.82 Å². The molecular formula is C50H56N10O7S. The molecule has 2 unspecified atom stereocenters. The highest BCUT2D eigenvalue weighted by atomic mass is 32.2. The monoisotopic (exact) mass is 940 g/mol. The van der Waals surface area contributed by atoms with Gasteiger partial charge in [-0.2, -0.15) is 5.10 Å². The number of hydrogen-bond donors (Lipinski definition) is 2. The topological polar surface area (TPSA) is 206 Å². The Labute approximate surface area is 398 Å². The fourth-order valence-electron chi connectivity index (χ4n) is 9.65. The second-order valence-electron chi connectivity index (χ2n) is 17.8. The number of piperazine rings is 1. The van der Waals surface area contributed by atoms with Crippen LogP contribution in [0.1, 0.15) is 97.4 Å². The molecule has 3 aromatic carbocycles. The number of likely N-dealkylation sites (tertiary alicyclic amines) is 1. The summed E-state index contributed by atoms with van der Waals surface area (Å²) in [5.74, 6) is 0.848. The number of nitrogen functional groups attached to an aromatic ring is 1. The van der Waals surface area contributed by atoms with E-state index in [2.05, 4.69) is 20.2 Å². The lowest BCUT2D eigenvalue weighted by Gasteiger charge is -2.35. The molecule has 2 aromatic heterocycles. The minimum Gasteiger partial charge on any atom is -0.457 e. The number of thioether (sulfide) groups is 1. The molecule has 18 heteroatoms. The molecule has 17 nitrogen and oxygen atoms in total. The standard InChI is InChI=1S/C50H56N10O7S/c51-46-44-45(33-18-20-36(21-19-33)67-35-12-4-3-5-13-35)55-60(47(44)53-32-52-46)34-11-9-25-58(31-34)42(63)17-10-24-56-26-28-57(29-27-56)41(62)16-6-1-2-7-30-68-39-15-8-14-37-43(39)50(66)59(49(37)65)38-22-23-40(61)54-48(38)64/h3-5,8,12-15,18-21,32,34,38H,1-2,6-7,9-11,16-17,22-31H2,(H2,51,52,53)(H,54,61,64). The summed E-state index contributed by atoms with van der Waals surface area (Å²) in [6, 6.07) is 21.5. The summed E-state index contributed by atoms with van der Waals surface area (Å²) in [5, 5.41) is 7.97. The molecular weight excluding hydrogens is 885 g/mol. The van der Waals surface area contributed by atoms with Crippen molar-refractivity contribution in [3.05, 3.63) is 90.3 Å². The first-order valence-electron chi connectivity index (χ1n) is 23.7. The zero-order valence-electron chi connectivity index (χ0n) is 38.0. The summed E-state index contributed by atoms with van der Waals surface area (Å²) < 4.78 is 7.92. The Bertz CT molecular complexity index is 2690. The summed E-state index contributed by atoms with van der Waals surface area (Å²) in [6.45, 7) is 4.98. The number of carbonyl (C=O) groups excluding carboxylic acids is 6. The normalized spacial score (nSPS) is 18.9. The number of rotatable bonds is 17. The maximum atomic E-state index is 13.6. The van der Waals surface area contributed by atoms with Crippen molar-refractivity contribution in [3.63, 3.8) is 0 Å². The van der Waals surface area contributed by atoms with Crippen LogP contribution in [0, 0.1) is 0 Å². The highest BCUT2D eigenvalue weighted by Crippen LogP contribution is 2.37. The van der Waals surface area contributed by atoms with Gasteiger partial charge in [0.2, 0.25) is 23.6 Å². The van der Waals surface area contributed by atoms with Crippen molar-refractivity contribution in [2.24, 2.45) is 0 Å². The number of benzene rings is 3. The van der Waals surface area contributed by atoms with E-state index in [9.17, 15) is 28.8 Å². The molecule has 6 amide bonds. The van der Waals surface area contributed by atoms with Gasteiger partial charge in [0.05, 0.1) is 22.6 Å². The molecule has 4 aliphatic rings. The van der Waals surface area contributed by atoms with Gasteiger partial charge in [-0.05, 0) is 99.4 Å². The zero-order chi connectivity index (χ0) is 47.1. The SMILES string of the molecule is Nc1ncnc2c1c(-c1ccc(Oc3ccccc3)cc1)nn2C1CCCN(C(=O)CCCN2CCN(C(=O)CCCCCCSc3cccc4c3C(=O)N(C3CCC(=O)NC3=O)C4=O)CC2)C1. The first-order chi connectivity index (χ1) is 33.1. The predicted octanol–water partition coefficient (Wildman–Crippen LogP) is 6.10. The van der Waals surface area contributed by atoms with Crippen molar-refractivity contribution in [2.45, 2.75) is 87.6 Å². The number of amides is 6. The van der Waals surface area contributed by atoms with Crippen LogP contribution in [-0.2, 0) is 19.2 Å². The summed E-state index contributed by atoms with van der Waals surface area (Å²) in [5.41, 5.74) is 9.25. The van der Waals surface area contributed by atoms with Gasteiger partial charge in [-0.1, -0.05) is 37.1 Å². The number of carbonyl (C=O) groups is 6. The van der Waals surface area contributed by atoms with Crippen LogP contribution in [0.3, 0.4) is 0 Å². The van der Waals surface area contributed by atoms with E-state index >= 15 is 0 Å². The number of nitrogens with two attached hydrogens (primary N) is 1. The lowest BCUT2D eigenvalue weighted by atomic mass is 10.0. The number of para-hydroxylation sites is 1. The van der Waals surface area contributed by atoms with E-state index in [0.29, 0.717) is 77.8 Å². The van der Waals surface area contributed by atoms with Gasteiger partial charge in [-0.15, -0.1) is 11.8 Å². The number of anilines is 1. The average molecular weight is 941 g/mol. The quantitative estimate of drug-likeness (QED) is 0.0615. The van der Waals surface area contributed by atoms with Crippen LogP contribution in [0.15, 0.2) is 84.0 Å². The van der Waals surface area contributed by atoms with Gasteiger partial charge in [0, 0.05) is 69.0 Å². The largest absolute Gasteiger partial charge is 0.457 e. The van der Waals surface area contributed by atoms with Crippen molar-refractivity contribution in [1.82, 2.24) is 44.7 Å². The third kappa shape index (κ3) is 10.3. The van der Waals surface area contributed by atoms with Crippen molar-refractivity contribution in [3.8, 4) is 22.8 Å². The molecule has 68 heavy (non-hydrogen) atoms. The zero-order valence-corrected chi connectivity index (χ0v) is 38.8. The van der Waals surface area contributed by atoms with E-state index < -0.39 is 29.7 Å². The van der Waals surface area contributed by atoms with E-state index in [4.69, 9.17) is 15.6 Å². The van der Waals surface area contributed by atoms with Crippen molar-refractivity contribution in [2.75, 3.05) is 57.3 Å². The van der Waals surface area contributed by atoms with E-state index in [0.717, 1.165) is 86.5 Å². The smallest absolute Gasteiger partial charge is 0.263 e. The molecule has 354 valence electrons. The van der Waals surface area contributed by atoms with Gasteiger partial charge in [0.25, 0.3) is 11.8 Å². The number of nitrogens with one attached hydrogen (secondary N) is 1. The second-order valence-corrected chi connectivity index (χ2v) is 18.9. The lowest BCUT2D eigenvalue weighted by molar-refractivity contribution is -0.136. The van der Waals surface area contributed by atoms with E-state index in [1.54, 1.807) is 12.1 Å². The molecule has 5 aromatic rings. The van der Waals surface area contributed by atoms with Crippen LogP contribution in [-0.4, -0.2) is 132 Å². The molecule has 2 atom stereocenters. The first kappa shape index (κ1) is 46.5. The molecule has 0 aliphatic carbocycles. The number of piperidine rings is 2. The van der Waals surface area contributed by atoms with Crippen molar-refractivity contribution in [1.29, 1.82) is 0 Å². The number of aromatic nitrogens is 4. The van der Waals surface area contributed by atoms with Gasteiger partial charge in [0.15, 0.2) is 5.65 Å². The fourth-order valence-corrected chi connectivity index (χ4v) is 10.7. The minimum absolute atomic E-state index is 0.0607. The van der Waals surface area contributed by atoms with Crippen LogP contribution in [0.25, 0.3) is 22.3 Å². The molecule has 9 rings (SSSR count). The number of imide groups is 2. The van der Waals surface area contributed by atoms with Gasteiger partial charge in [-0.3, -0.25) is 43.9 Å². The summed E-state index contributed by atoms with van der Waals surface area (Å²) in [6.07, 6.45) is 8.61. The molecule has 3 fully saturated rings. The van der Waals surface area contributed by atoms with Crippen molar-refractivity contribution < 1.29 is 33.5 Å². The Balaban J connectivity index is 0.673. The molecule has 4 aliphatic heterocycles. The summed E-state index contributed by atoms with van der Waals surface area (Å²) in [7, 11) is 0. The van der Waals surface area contributed by atoms with Gasteiger partial charge >= 0.3 is 0 Å².